The Morgan fingerprint density at radius 3 is 2.62 bits per heavy atom. The average molecular weight is 186 g/mol. The highest BCUT2D eigenvalue weighted by Crippen LogP contribution is 2.19. The Morgan fingerprint density at radius 2 is 2.15 bits per heavy atom. The molecular formula is C9H12F2N2. The van der Waals surface area contributed by atoms with Gasteiger partial charge in [-0.3, -0.25) is 11.3 Å². The summed E-state index contributed by atoms with van der Waals surface area (Å²) in [5.74, 6) is 4.07. The highest BCUT2D eigenvalue weighted by molar-refractivity contribution is 5.21. The number of rotatable bonds is 3. The van der Waals surface area contributed by atoms with Gasteiger partial charge in [0.15, 0.2) is 0 Å². The minimum absolute atomic E-state index is 0.263. The van der Waals surface area contributed by atoms with Gasteiger partial charge in [-0.2, -0.15) is 0 Å². The maximum absolute atomic E-state index is 13.1. The first-order chi connectivity index (χ1) is 6.19. The zero-order chi connectivity index (χ0) is 9.84. The van der Waals surface area contributed by atoms with Gasteiger partial charge in [-0.1, -0.05) is 13.0 Å². The second-order valence-corrected chi connectivity index (χ2v) is 2.79. The molecule has 2 nitrogen and oxygen atoms in total. The van der Waals surface area contributed by atoms with Gasteiger partial charge in [-0.05, 0) is 12.5 Å². The molecule has 1 aromatic carbocycles. The minimum Gasteiger partial charge on any atom is -0.271 e. The Morgan fingerprint density at radius 1 is 1.46 bits per heavy atom. The molecular weight excluding hydrogens is 174 g/mol. The molecule has 0 amide bonds. The van der Waals surface area contributed by atoms with Crippen LogP contribution in [0.3, 0.4) is 0 Å². The lowest BCUT2D eigenvalue weighted by Gasteiger charge is -2.14. The van der Waals surface area contributed by atoms with Gasteiger partial charge >= 0.3 is 0 Å². The Bertz CT molecular complexity index is 285. The molecule has 0 bridgehead atoms. The summed E-state index contributed by atoms with van der Waals surface area (Å²) >= 11 is 0. The van der Waals surface area contributed by atoms with Gasteiger partial charge in [0.1, 0.15) is 11.6 Å². The van der Waals surface area contributed by atoms with Crippen LogP contribution in [0, 0.1) is 11.6 Å². The highest BCUT2D eigenvalue weighted by atomic mass is 19.1. The van der Waals surface area contributed by atoms with Crippen molar-refractivity contribution in [3.63, 3.8) is 0 Å². The lowest BCUT2D eigenvalue weighted by Crippen LogP contribution is -2.28. The molecule has 0 heterocycles. The van der Waals surface area contributed by atoms with E-state index in [2.05, 4.69) is 5.43 Å². The second kappa shape index (κ2) is 4.30. The van der Waals surface area contributed by atoms with Gasteiger partial charge in [-0.25, -0.2) is 8.78 Å². The van der Waals surface area contributed by atoms with Crippen molar-refractivity contribution >= 4 is 0 Å². The number of halogens is 2. The van der Waals surface area contributed by atoms with Crippen molar-refractivity contribution in [1.29, 1.82) is 0 Å². The second-order valence-electron chi connectivity index (χ2n) is 2.79. The summed E-state index contributed by atoms with van der Waals surface area (Å²) in [5, 5.41) is 0. The van der Waals surface area contributed by atoms with E-state index in [0.717, 1.165) is 6.07 Å². The van der Waals surface area contributed by atoms with E-state index in [1.54, 1.807) is 0 Å². The van der Waals surface area contributed by atoms with Crippen LogP contribution in [0.1, 0.15) is 24.9 Å². The van der Waals surface area contributed by atoms with E-state index in [1.165, 1.54) is 12.1 Å². The van der Waals surface area contributed by atoms with Gasteiger partial charge in [0.2, 0.25) is 0 Å². The van der Waals surface area contributed by atoms with E-state index in [1.807, 2.05) is 6.92 Å². The van der Waals surface area contributed by atoms with Gasteiger partial charge in [0, 0.05) is 17.7 Å². The van der Waals surface area contributed by atoms with Crippen molar-refractivity contribution in [2.45, 2.75) is 19.4 Å². The Balaban J connectivity index is 2.99. The first-order valence-electron chi connectivity index (χ1n) is 4.10. The summed E-state index contributed by atoms with van der Waals surface area (Å²) in [6.45, 7) is 1.87. The summed E-state index contributed by atoms with van der Waals surface area (Å²) in [5.41, 5.74) is 2.86. The third-order valence-electron chi connectivity index (χ3n) is 1.95. The van der Waals surface area contributed by atoms with Crippen LogP contribution in [0.2, 0.25) is 0 Å². The molecule has 72 valence electrons. The summed E-state index contributed by atoms with van der Waals surface area (Å²) in [6.07, 6.45) is 0.652. The number of nitrogens with one attached hydrogen (secondary N) is 1. The van der Waals surface area contributed by atoms with Gasteiger partial charge in [-0.15, -0.1) is 0 Å². The Kier molecular flexibility index (Phi) is 3.33. The molecule has 13 heavy (non-hydrogen) atoms. The molecule has 1 aromatic rings. The number of benzene rings is 1. The molecule has 0 saturated heterocycles. The summed E-state index contributed by atoms with van der Waals surface area (Å²) in [7, 11) is 0. The molecule has 0 aromatic heterocycles. The van der Waals surface area contributed by atoms with Crippen LogP contribution in [-0.2, 0) is 0 Å². The fraction of sp³-hybridized carbons (Fsp3) is 0.333. The van der Waals surface area contributed by atoms with E-state index in [9.17, 15) is 8.78 Å². The van der Waals surface area contributed by atoms with Crippen LogP contribution >= 0.6 is 0 Å². The van der Waals surface area contributed by atoms with Crippen LogP contribution in [0.5, 0.6) is 0 Å². The monoisotopic (exact) mass is 186 g/mol. The zero-order valence-corrected chi connectivity index (χ0v) is 7.35. The fourth-order valence-electron chi connectivity index (χ4n) is 1.21. The quantitative estimate of drug-likeness (QED) is 0.558. The van der Waals surface area contributed by atoms with Gasteiger partial charge in [0.25, 0.3) is 0 Å². The summed E-state index contributed by atoms with van der Waals surface area (Å²) in [4.78, 5) is 0. The molecule has 1 atom stereocenters. The lowest BCUT2D eigenvalue weighted by atomic mass is 10.0. The predicted octanol–water partition coefficient (Wildman–Crippen LogP) is 1.88. The minimum atomic E-state index is -0.576. The lowest BCUT2D eigenvalue weighted by molar-refractivity contribution is 0.494. The molecule has 0 aliphatic carbocycles. The molecule has 4 heteroatoms. The van der Waals surface area contributed by atoms with Crippen molar-refractivity contribution < 1.29 is 8.78 Å². The van der Waals surface area contributed by atoms with Crippen molar-refractivity contribution in [3.05, 3.63) is 35.4 Å². The topological polar surface area (TPSA) is 38.0 Å². The van der Waals surface area contributed by atoms with Crippen LogP contribution in [0.15, 0.2) is 18.2 Å². The van der Waals surface area contributed by atoms with Gasteiger partial charge in [0.05, 0.1) is 0 Å². The molecule has 0 spiro atoms. The third kappa shape index (κ3) is 2.23. The van der Waals surface area contributed by atoms with Crippen LogP contribution in [0.25, 0.3) is 0 Å². The zero-order valence-electron chi connectivity index (χ0n) is 7.35. The molecule has 0 aliphatic rings. The van der Waals surface area contributed by atoms with Crippen LogP contribution < -0.4 is 11.3 Å². The molecule has 0 fully saturated rings. The molecule has 0 radical (unpaired) electrons. The number of hydrogen-bond donors (Lipinski definition) is 2. The first kappa shape index (κ1) is 10.1. The third-order valence-corrected chi connectivity index (χ3v) is 1.95. The molecule has 1 unspecified atom stereocenters. The SMILES string of the molecule is CCC(NN)c1ccc(F)cc1F. The summed E-state index contributed by atoms with van der Waals surface area (Å²) < 4.78 is 25.7. The van der Waals surface area contributed by atoms with Crippen molar-refractivity contribution in [2.24, 2.45) is 5.84 Å². The maximum atomic E-state index is 13.1. The summed E-state index contributed by atoms with van der Waals surface area (Å²) in [6, 6.07) is 3.22. The Hall–Kier alpha value is -1.00. The smallest absolute Gasteiger partial charge is 0.130 e. The molecule has 0 aliphatic heterocycles. The first-order valence-corrected chi connectivity index (χ1v) is 4.10. The maximum Gasteiger partial charge on any atom is 0.130 e. The predicted molar refractivity (Wildman–Crippen MR) is 46.7 cm³/mol. The number of hydrazine groups is 1. The van der Waals surface area contributed by atoms with Gasteiger partial charge < -0.3 is 0 Å². The largest absolute Gasteiger partial charge is 0.271 e. The average Bonchev–Trinajstić information content (AvgIpc) is 2.10. The van der Waals surface area contributed by atoms with E-state index >= 15 is 0 Å². The van der Waals surface area contributed by atoms with E-state index in [4.69, 9.17) is 5.84 Å². The van der Waals surface area contributed by atoms with E-state index in [-0.39, 0.29) is 6.04 Å². The van der Waals surface area contributed by atoms with E-state index in [0.29, 0.717) is 12.0 Å². The fourth-order valence-corrected chi connectivity index (χ4v) is 1.21. The number of hydrogen-bond acceptors (Lipinski definition) is 2. The van der Waals surface area contributed by atoms with Crippen molar-refractivity contribution in [2.75, 3.05) is 0 Å². The standard InChI is InChI=1S/C9H12F2N2/c1-2-9(13-12)7-4-3-6(10)5-8(7)11/h3-5,9,13H,2,12H2,1H3. The van der Waals surface area contributed by atoms with Crippen LogP contribution in [0.4, 0.5) is 8.78 Å². The highest BCUT2D eigenvalue weighted by Gasteiger charge is 2.12. The Labute approximate surface area is 75.7 Å². The van der Waals surface area contributed by atoms with Crippen LogP contribution in [-0.4, -0.2) is 0 Å². The molecule has 0 saturated carbocycles. The normalized spacial score (nSPS) is 12.9. The number of nitrogens with two attached hydrogens (primary N) is 1. The van der Waals surface area contributed by atoms with Crippen molar-refractivity contribution in [1.82, 2.24) is 5.43 Å². The molecule has 3 N–H and O–H groups in total. The van der Waals surface area contributed by atoms with Crippen molar-refractivity contribution in [3.8, 4) is 0 Å². The van der Waals surface area contributed by atoms with E-state index < -0.39 is 11.6 Å². The molecule has 1 rings (SSSR count).